The molecule has 51 heavy (non-hydrogen) atoms. The standard InChI is InChI=1S/C36H48F3N5O6S/c1-34(2,3)50-28(45)15-13-11-10-12-14-18-44-26(32-41-25-19-23(33(46)49-9)21-27(48-8)29(25)43(32)7)20-22-16-17-24(40-31(22)44)30(36(37,38)39)42-51(47)35(4,5)6/h16-17,19-21,30,42H,10-15,18H2,1-9H3. The molecule has 0 aliphatic carbocycles. The number of fused-ring (bicyclic) bond motifs is 2. The summed E-state index contributed by atoms with van der Waals surface area (Å²) < 4.78 is 77.0. The normalized spacial score (nSPS) is 13.8. The molecule has 0 bridgehead atoms. The molecule has 2 atom stereocenters. The number of nitrogens with one attached hydrogen (secondary N) is 1. The number of rotatable bonds is 14. The van der Waals surface area contributed by atoms with Crippen LogP contribution in [0.4, 0.5) is 13.2 Å². The average molecular weight is 736 g/mol. The fraction of sp³-hybridized carbons (Fsp3) is 0.556. The minimum Gasteiger partial charge on any atom is -0.598 e. The first-order chi connectivity index (χ1) is 23.7. The Hall–Kier alpha value is -3.82. The Morgan fingerprint density at radius 3 is 2.24 bits per heavy atom. The number of hydrogen-bond donors (Lipinski definition) is 1. The van der Waals surface area contributed by atoms with Crippen LogP contribution in [-0.2, 0) is 39.2 Å². The molecule has 1 N–H and O–H groups in total. The summed E-state index contributed by atoms with van der Waals surface area (Å²) in [6.07, 6.45) is -0.626. The van der Waals surface area contributed by atoms with E-state index in [1.807, 2.05) is 36.0 Å². The summed E-state index contributed by atoms with van der Waals surface area (Å²) in [4.78, 5) is 33.9. The number of ether oxygens (including phenoxy) is 3. The predicted octanol–water partition coefficient (Wildman–Crippen LogP) is 7.72. The van der Waals surface area contributed by atoms with E-state index < -0.39 is 39.9 Å². The summed E-state index contributed by atoms with van der Waals surface area (Å²) >= 11 is -2.02. The Bertz CT molecular complexity index is 1860. The van der Waals surface area contributed by atoms with Crippen molar-refractivity contribution in [1.82, 2.24) is 23.8 Å². The van der Waals surface area contributed by atoms with Gasteiger partial charge in [-0.05, 0) is 84.7 Å². The van der Waals surface area contributed by atoms with E-state index in [1.54, 1.807) is 46.0 Å². The third-order valence-corrected chi connectivity index (χ3v) is 9.72. The molecule has 11 nitrogen and oxygen atoms in total. The molecule has 0 aliphatic rings. The van der Waals surface area contributed by atoms with Crippen LogP contribution < -0.4 is 9.46 Å². The molecule has 0 amide bonds. The van der Waals surface area contributed by atoms with Crippen LogP contribution in [0.2, 0.25) is 0 Å². The van der Waals surface area contributed by atoms with E-state index in [2.05, 4.69) is 9.71 Å². The quantitative estimate of drug-likeness (QED) is 0.0785. The van der Waals surface area contributed by atoms with Gasteiger partial charge in [-0.1, -0.05) is 19.3 Å². The van der Waals surface area contributed by atoms with E-state index >= 15 is 0 Å². The molecule has 280 valence electrons. The summed E-state index contributed by atoms with van der Waals surface area (Å²) in [6.45, 7) is 10.7. The van der Waals surface area contributed by atoms with Crippen molar-refractivity contribution >= 4 is 45.4 Å². The van der Waals surface area contributed by atoms with Crippen LogP contribution in [0, 0.1) is 0 Å². The maximum atomic E-state index is 14.4. The molecule has 0 saturated carbocycles. The van der Waals surface area contributed by atoms with Gasteiger partial charge < -0.3 is 27.9 Å². The highest BCUT2D eigenvalue weighted by atomic mass is 32.2. The van der Waals surface area contributed by atoms with Crippen molar-refractivity contribution in [3.05, 3.63) is 41.6 Å². The molecule has 2 unspecified atom stereocenters. The Morgan fingerprint density at radius 1 is 0.961 bits per heavy atom. The number of benzene rings is 1. The van der Waals surface area contributed by atoms with Gasteiger partial charge in [0, 0.05) is 36.8 Å². The average Bonchev–Trinajstić information content (AvgIpc) is 3.56. The summed E-state index contributed by atoms with van der Waals surface area (Å²) in [5.41, 5.74) is 1.42. The Labute approximate surface area is 299 Å². The van der Waals surface area contributed by atoms with E-state index in [4.69, 9.17) is 19.2 Å². The highest BCUT2D eigenvalue weighted by Gasteiger charge is 2.46. The van der Waals surface area contributed by atoms with Crippen molar-refractivity contribution in [2.24, 2.45) is 7.05 Å². The summed E-state index contributed by atoms with van der Waals surface area (Å²) in [5, 5.41) is 0.596. The van der Waals surface area contributed by atoms with Crippen molar-refractivity contribution in [2.75, 3.05) is 14.2 Å². The number of carbonyl (C=O) groups excluding carboxylic acids is 2. The Kier molecular flexibility index (Phi) is 12.4. The first-order valence-electron chi connectivity index (χ1n) is 16.8. The number of imidazole rings is 1. The lowest BCUT2D eigenvalue weighted by Crippen LogP contribution is -2.46. The summed E-state index contributed by atoms with van der Waals surface area (Å²) in [7, 11) is 4.56. The number of pyridine rings is 1. The SMILES string of the molecule is COC(=O)c1cc(OC)c2c(c1)nc(-c1cc3ccc(C(N[S+]([O-])C(C)(C)C)C(F)(F)F)nc3n1CCCCCCCC(=O)OC(C)(C)C)n2C. The molecule has 4 rings (SSSR count). The first kappa shape index (κ1) is 40.0. The van der Waals surface area contributed by atoms with Gasteiger partial charge in [-0.3, -0.25) is 4.79 Å². The van der Waals surface area contributed by atoms with Gasteiger partial charge in [0.1, 0.15) is 27.3 Å². The number of esters is 2. The monoisotopic (exact) mass is 735 g/mol. The van der Waals surface area contributed by atoms with Gasteiger partial charge in [-0.25, -0.2) is 14.8 Å². The van der Waals surface area contributed by atoms with Crippen molar-refractivity contribution in [3.8, 4) is 17.3 Å². The number of carbonyl (C=O) groups is 2. The van der Waals surface area contributed by atoms with Crippen molar-refractivity contribution in [2.45, 2.75) is 109 Å². The number of alkyl halides is 3. The molecule has 0 aliphatic heterocycles. The van der Waals surface area contributed by atoms with Crippen LogP contribution in [0.15, 0.2) is 30.3 Å². The van der Waals surface area contributed by atoms with E-state index in [9.17, 15) is 27.3 Å². The van der Waals surface area contributed by atoms with Crippen LogP contribution in [0.25, 0.3) is 33.6 Å². The lowest BCUT2D eigenvalue weighted by Gasteiger charge is -2.28. The lowest BCUT2D eigenvalue weighted by molar-refractivity contribution is -0.155. The fourth-order valence-corrected chi connectivity index (χ4v) is 6.51. The van der Waals surface area contributed by atoms with E-state index in [0.29, 0.717) is 65.1 Å². The maximum absolute atomic E-state index is 14.4. The van der Waals surface area contributed by atoms with E-state index in [0.717, 1.165) is 19.3 Å². The number of nitrogens with zero attached hydrogens (tertiary/aromatic N) is 4. The Balaban J connectivity index is 1.73. The molecule has 4 aromatic rings. The number of unbranched alkanes of at least 4 members (excludes halogenated alkanes) is 4. The van der Waals surface area contributed by atoms with Gasteiger partial charge in [-0.15, -0.1) is 4.72 Å². The smallest absolute Gasteiger partial charge is 0.413 e. The molecule has 3 heterocycles. The number of hydrogen-bond acceptors (Lipinski definition) is 9. The molecule has 3 aromatic heterocycles. The topological polar surface area (TPSA) is 133 Å². The molecule has 0 fully saturated rings. The zero-order chi connectivity index (χ0) is 37.9. The largest absolute Gasteiger partial charge is 0.598 e. The first-order valence-corrected chi connectivity index (χ1v) is 18.0. The highest BCUT2D eigenvalue weighted by Crippen LogP contribution is 2.37. The lowest BCUT2D eigenvalue weighted by atomic mass is 10.1. The summed E-state index contributed by atoms with van der Waals surface area (Å²) in [6, 6.07) is 5.60. The molecule has 0 saturated heterocycles. The van der Waals surface area contributed by atoms with Gasteiger partial charge in [0.25, 0.3) is 0 Å². The second-order valence-electron chi connectivity index (χ2n) is 14.4. The van der Waals surface area contributed by atoms with Gasteiger partial charge >= 0.3 is 18.1 Å². The van der Waals surface area contributed by atoms with Crippen molar-refractivity contribution in [3.63, 3.8) is 0 Å². The van der Waals surface area contributed by atoms with E-state index in [-0.39, 0.29) is 17.2 Å². The maximum Gasteiger partial charge on any atom is 0.413 e. The van der Waals surface area contributed by atoms with Gasteiger partial charge in [0.05, 0.1) is 36.7 Å². The van der Waals surface area contributed by atoms with Crippen LogP contribution in [-0.4, -0.2) is 66.3 Å². The summed E-state index contributed by atoms with van der Waals surface area (Å²) in [5.74, 6) is 0.0965. The molecule has 1 aromatic carbocycles. The zero-order valence-electron chi connectivity index (χ0n) is 30.7. The van der Waals surface area contributed by atoms with Crippen LogP contribution in [0.5, 0.6) is 5.75 Å². The van der Waals surface area contributed by atoms with Crippen LogP contribution in [0.3, 0.4) is 0 Å². The number of methoxy groups -OCH3 is 2. The third-order valence-electron chi connectivity index (χ3n) is 8.16. The minimum absolute atomic E-state index is 0.233. The molecule has 0 spiro atoms. The highest BCUT2D eigenvalue weighted by molar-refractivity contribution is 7.90. The zero-order valence-corrected chi connectivity index (χ0v) is 31.5. The van der Waals surface area contributed by atoms with Crippen LogP contribution in [0.1, 0.15) is 102 Å². The number of aromatic nitrogens is 4. The molecule has 15 heteroatoms. The second kappa shape index (κ2) is 15.8. The number of halogens is 3. The molecule has 0 radical (unpaired) electrons. The third kappa shape index (κ3) is 9.74. The fourth-order valence-electron chi connectivity index (χ4n) is 5.69. The molecular weight excluding hydrogens is 687 g/mol. The van der Waals surface area contributed by atoms with Crippen molar-refractivity contribution in [1.29, 1.82) is 0 Å². The van der Waals surface area contributed by atoms with Crippen LogP contribution >= 0.6 is 0 Å². The van der Waals surface area contributed by atoms with Gasteiger partial charge in [0.2, 0.25) is 0 Å². The minimum atomic E-state index is -4.77. The van der Waals surface area contributed by atoms with Gasteiger partial charge in [-0.2, -0.15) is 13.2 Å². The second-order valence-corrected chi connectivity index (χ2v) is 16.4. The van der Waals surface area contributed by atoms with Gasteiger partial charge in [0.15, 0.2) is 11.9 Å². The van der Waals surface area contributed by atoms with E-state index in [1.165, 1.54) is 20.3 Å². The number of aryl methyl sites for hydroxylation is 2. The van der Waals surface area contributed by atoms with Crippen molar-refractivity contribution < 1.29 is 41.5 Å². The predicted molar refractivity (Wildman–Crippen MR) is 191 cm³/mol. The molecular formula is C36H48F3N5O6S. The Morgan fingerprint density at radius 2 is 1.63 bits per heavy atom.